The predicted octanol–water partition coefficient (Wildman–Crippen LogP) is 0.820. The van der Waals surface area contributed by atoms with Gasteiger partial charge in [-0.1, -0.05) is 0 Å². The van der Waals surface area contributed by atoms with Gasteiger partial charge in [-0.15, -0.1) is 0 Å². The summed E-state index contributed by atoms with van der Waals surface area (Å²) in [5, 5.41) is 0.751. The summed E-state index contributed by atoms with van der Waals surface area (Å²) in [4.78, 5) is 19.6. The average molecular weight is 205 g/mol. The van der Waals surface area contributed by atoms with Crippen molar-refractivity contribution >= 4 is 11.0 Å². The largest absolute Gasteiger partial charge is 0.480 e. The van der Waals surface area contributed by atoms with E-state index in [1.807, 2.05) is 6.92 Å². The van der Waals surface area contributed by atoms with Gasteiger partial charge in [0.05, 0.1) is 12.5 Å². The summed E-state index contributed by atoms with van der Waals surface area (Å²) in [5.74, 6) is 0.488. The first kappa shape index (κ1) is 9.64. The van der Waals surface area contributed by atoms with Crippen molar-refractivity contribution in [3.05, 3.63) is 28.8 Å². The van der Waals surface area contributed by atoms with Crippen LogP contribution < -0.4 is 10.3 Å². The molecule has 0 amide bonds. The normalized spacial score (nSPS) is 10.5. The van der Waals surface area contributed by atoms with Crippen LogP contribution in [0, 0.1) is 0 Å². The van der Waals surface area contributed by atoms with E-state index in [2.05, 4.69) is 9.97 Å². The molecule has 78 valence electrons. The molecule has 5 nitrogen and oxygen atoms in total. The van der Waals surface area contributed by atoms with Crippen LogP contribution in [0.3, 0.4) is 0 Å². The first-order valence-electron chi connectivity index (χ1n) is 4.66. The fourth-order valence-corrected chi connectivity index (χ4v) is 1.55. The minimum Gasteiger partial charge on any atom is -0.480 e. The van der Waals surface area contributed by atoms with Gasteiger partial charge in [0, 0.05) is 12.6 Å². The molecule has 0 N–H and O–H groups in total. The van der Waals surface area contributed by atoms with Crippen molar-refractivity contribution in [2.45, 2.75) is 13.5 Å². The summed E-state index contributed by atoms with van der Waals surface area (Å²) in [6, 6.07) is 3.18. The van der Waals surface area contributed by atoms with Gasteiger partial charge in [-0.3, -0.25) is 9.36 Å². The summed E-state index contributed by atoms with van der Waals surface area (Å²) in [7, 11) is 1.54. The molecule has 0 radical (unpaired) electrons. The summed E-state index contributed by atoms with van der Waals surface area (Å²) in [6.45, 7) is 2.48. The third-order valence-electron chi connectivity index (χ3n) is 2.25. The Labute approximate surface area is 86.4 Å². The Morgan fingerprint density at radius 2 is 2.20 bits per heavy atom. The van der Waals surface area contributed by atoms with Gasteiger partial charge in [0.2, 0.25) is 5.88 Å². The van der Waals surface area contributed by atoms with Crippen molar-refractivity contribution in [2.24, 2.45) is 0 Å². The lowest BCUT2D eigenvalue weighted by Gasteiger charge is -2.07. The van der Waals surface area contributed by atoms with Crippen LogP contribution in [-0.4, -0.2) is 21.6 Å². The maximum Gasteiger partial charge on any atom is 0.252 e. The Morgan fingerprint density at radius 3 is 2.87 bits per heavy atom. The number of methoxy groups -OCH3 is 1. The molecule has 0 aliphatic heterocycles. The van der Waals surface area contributed by atoms with E-state index < -0.39 is 0 Å². The van der Waals surface area contributed by atoms with Crippen molar-refractivity contribution in [3.8, 4) is 5.88 Å². The minimum absolute atomic E-state index is 0.0641. The first-order valence-corrected chi connectivity index (χ1v) is 4.66. The van der Waals surface area contributed by atoms with Crippen molar-refractivity contribution < 1.29 is 4.74 Å². The number of hydrogen-bond donors (Lipinski definition) is 0. The number of rotatable bonds is 2. The second-order valence-electron chi connectivity index (χ2n) is 3.04. The Bertz CT molecular complexity index is 548. The average Bonchev–Trinajstić information content (AvgIpc) is 2.28. The highest BCUT2D eigenvalue weighted by molar-refractivity contribution is 5.80. The molecule has 0 unspecified atom stereocenters. The summed E-state index contributed by atoms with van der Waals surface area (Å²) in [5.41, 5.74) is 0.544. The molecular formula is C10H11N3O2. The van der Waals surface area contributed by atoms with Gasteiger partial charge in [0.1, 0.15) is 12.0 Å². The molecule has 0 aliphatic rings. The highest BCUT2D eigenvalue weighted by Crippen LogP contribution is 2.18. The predicted molar refractivity (Wildman–Crippen MR) is 56.0 cm³/mol. The fourth-order valence-electron chi connectivity index (χ4n) is 1.55. The smallest absolute Gasteiger partial charge is 0.252 e. The monoisotopic (exact) mass is 205 g/mol. The Kier molecular flexibility index (Phi) is 2.37. The van der Waals surface area contributed by atoms with Gasteiger partial charge < -0.3 is 4.74 Å². The van der Waals surface area contributed by atoms with Gasteiger partial charge in [-0.2, -0.15) is 0 Å². The molecular weight excluding hydrogens is 194 g/mol. The van der Waals surface area contributed by atoms with E-state index in [1.165, 1.54) is 12.4 Å². The van der Waals surface area contributed by atoms with Crippen molar-refractivity contribution in [1.29, 1.82) is 0 Å². The number of nitrogens with zero attached hydrogens (tertiary/aromatic N) is 3. The third kappa shape index (κ3) is 1.45. The van der Waals surface area contributed by atoms with Crippen molar-refractivity contribution in [3.63, 3.8) is 0 Å². The van der Waals surface area contributed by atoms with Crippen LogP contribution >= 0.6 is 0 Å². The van der Waals surface area contributed by atoms with E-state index in [-0.39, 0.29) is 5.56 Å². The Hall–Kier alpha value is -1.91. The van der Waals surface area contributed by atoms with Gasteiger partial charge in [-0.25, -0.2) is 9.97 Å². The second-order valence-corrected chi connectivity index (χ2v) is 3.04. The molecule has 0 saturated heterocycles. The SMILES string of the molecule is CCn1c(=O)ccc2c(OC)ncnc21. The number of aryl methyl sites for hydroxylation is 1. The van der Waals surface area contributed by atoms with Gasteiger partial charge in [0.25, 0.3) is 5.56 Å². The number of hydrogen-bond acceptors (Lipinski definition) is 4. The van der Waals surface area contributed by atoms with E-state index in [9.17, 15) is 4.79 Å². The standard InChI is InChI=1S/C10H11N3O2/c1-3-13-8(14)5-4-7-9(13)11-6-12-10(7)15-2/h4-6H,3H2,1-2H3. The molecule has 0 aromatic carbocycles. The lowest BCUT2D eigenvalue weighted by Crippen LogP contribution is -2.19. The molecule has 2 rings (SSSR count). The van der Waals surface area contributed by atoms with E-state index >= 15 is 0 Å². The number of pyridine rings is 1. The summed E-state index contributed by atoms with van der Waals surface area (Å²) < 4.78 is 6.68. The minimum atomic E-state index is -0.0641. The molecule has 0 spiro atoms. The zero-order valence-corrected chi connectivity index (χ0v) is 8.60. The lowest BCUT2D eigenvalue weighted by atomic mass is 10.3. The van der Waals surface area contributed by atoms with E-state index in [0.29, 0.717) is 18.1 Å². The van der Waals surface area contributed by atoms with Crippen LogP contribution in [0.1, 0.15) is 6.92 Å². The van der Waals surface area contributed by atoms with Crippen molar-refractivity contribution in [1.82, 2.24) is 14.5 Å². The van der Waals surface area contributed by atoms with Crippen LogP contribution in [0.2, 0.25) is 0 Å². The highest BCUT2D eigenvalue weighted by atomic mass is 16.5. The molecule has 2 aromatic rings. The maximum atomic E-state index is 11.5. The molecule has 2 heterocycles. The first-order chi connectivity index (χ1) is 7.27. The quantitative estimate of drug-likeness (QED) is 0.728. The maximum absolute atomic E-state index is 11.5. The Morgan fingerprint density at radius 1 is 1.40 bits per heavy atom. The molecule has 0 aliphatic carbocycles. The number of fused-ring (bicyclic) bond motifs is 1. The topological polar surface area (TPSA) is 57.0 Å². The highest BCUT2D eigenvalue weighted by Gasteiger charge is 2.07. The van der Waals surface area contributed by atoms with Gasteiger partial charge >= 0.3 is 0 Å². The second kappa shape index (κ2) is 3.68. The molecule has 0 fully saturated rings. The Balaban J connectivity index is 2.88. The zero-order chi connectivity index (χ0) is 10.8. The van der Waals surface area contributed by atoms with Crippen LogP contribution in [-0.2, 0) is 6.54 Å². The summed E-state index contributed by atoms with van der Waals surface area (Å²) >= 11 is 0. The molecule has 0 atom stereocenters. The van der Waals surface area contributed by atoms with Crippen molar-refractivity contribution in [2.75, 3.05) is 7.11 Å². The van der Waals surface area contributed by atoms with Crippen LogP contribution in [0.15, 0.2) is 23.3 Å². The molecule has 15 heavy (non-hydrogen) atoms. The van der Waals surface area contributed by atoms with E-state index in [4.69, 9.17) is 4.74 Å². The molecule has 2 aromatic heterocycles. The number of ether oxygens (including phenoxy) is 1. The number of aromatic nitrogens is 3. The van der Waals surface area contributed by atoms with Crippen LogP contribution in [0.4, 0.5) is 0 Å². The zero-order valence-electron chi connectivity index (χ0n) is 8.60. The van der Waals surface area contributed by atoms with E-state index in [0.717, 1.165) is 5.39 Å². The fraction of sp³-hybridized carbons (Fsp3) is 0.300. The lowest BCUT2D eigenvalue weighted by molar-refractivity contribution is 0.402. The van der Waals surface area contributed by atoms with Gasteiger partial charge in [0.15, 0.2) is 0 Å². The molecule has 5 heteroatoms. The molecule has 0 bridgehead atoms. The molecule has 0 saturated carbocycles. The van der Waals surface area contributed by atoms with Crippen LogP contribution in [0.25, 0.3) is 11.0 Å². The van der Waals surface area contributed by atoms with Gasteiger partial charge in [-0.05, 0) is 13.0 Å². The van der Waals surface area contributed by atoms with E-state index in [1.54, 1.807) is 17.7 Å². The third-order valence-corrected chi connectivity index (χ3v) is 2.25. The summed E-state index contributed by atoms with van der Waals surface area (Å²) in [6.07, 6.45) is 1.40. The van der Waals surface area contributed by atoms with Crippen LogP contribution in [0.5, 0.6) is 5.88 Å².